The van der Waals surface area contributed by atoms with E-state index in [1.54, 1.807) is 0 Å². The van der Waals surface area contributed by atoms with E-state index in [1.807, 2.05) is 54.1 Å². The molecule has 0 aliphatic carbocycles. The van der Waals surface area contributed by atoms with E-state index in [0.717, 1.165) is 16.5 Å². The summed E-state index contributed by atoms with van der Waals surface area (Å²) in [5.41, 5.74) is 0. The molecule has 0 bridgehead atoms. The smallest absolute Gasteiger partial charge is 0.191 e. The average molecular weight is 342 g/mol. The highest BCUT2D eigenvalue weighted by Gasteiger charge is 2.10. The molecule has 7 heteroatoms. The molecule has 1 aromatic heterocycles. The summed E-state index contributed by atoms with van der Waals surface area (Å²) in [5.74, 6) is 0.809. The number of fused-ring (bicyclic) bond motifs is 1. The maximum atomic E-state index is 10.5. The Bertz CT molecular complexity index is 858. The molecule has 0 radical (unpaired) electrons. The van der Waals surface area contributed by atoms with Crippen molar-refractivity contribution in [1.82, 2.24) is 14.8 Å². The molecule has 1 heterocycles. The van der Waals surface area contributed by atoms with Crippen LogP contribution in [0, 0.1) is 0 Å². The molecule has 124 valence electrons. The first kappa shape index (κ1) is 16.3. The van der Waals surface area contributed by atoms with Crippen LogP contribution in [-0.2, 0) is 18.4 Å². The predicted molar refractivity (Wildman–Crippen MR) is 89.6 cm³/mol. The molecular weight excluding hydrogens is 326 g/mol. The third-order valence-electron chi connectivity index (χ3n) is 3.57. The number of carbonyl (C=O) groups is 1. The molecule has 0 aliphatic heterocycles. The van der Waals surface area contributed by atoms with Crippen molar-refractivity contribution in [3.8, 4) is 5.75 Å². The maximum absolute atomic E-state index is 10.5. The molecule has 0 atom stereocenters. The van der Waals surface area contributed by atoms with Crippen LogP contribution in [0.25, 0.3) is 10.8 Å². The molecule has 24 heavy (non-hydrogen) atoms. The normalized spacial score (nSPS) is 10.9. The van der Waals surface area contributed by atoms with Gasteiger partial charge in [-0.05, 0) is 17.9 Å². The van der Waals surface area contributed by atoms with Gasteiger partial charge < -0.3 is 19.2 Å². The third-order valence-corrected chi connectivity index (χ3v) is 4.59. The lowest BCUT2D eigenvalue weighted by Crippen LogP contribution is -2.22. The lowest BCUT2D eigenvalue weighted by Gasteiger charge is -2.09. The SMILES string of the molecule is Cn1c(COc2cccc3ccccc23)nnc1SCCC(=O)[O-]. The van der Waals surface area contributed by atoms with E-state index in [-0.39, 0.29) is 6.42 Å². The first-order chi connectivity index (χ1) is 11.6. The van der Waals surface area contributed by atoms with Crippen LogP contribution in [0.3, 0.4) is 0 Å². The second-order valence-electron chi connectivity index (χ2n) is 5.19. The fourth-order valence-corrected chi connectivity index (χ4v) is 3.13. The maximum Gasteiger partial charge on any atom is 0.191 e. The molecule has 2 aromatic carbocycles. The number of thioether (sulfide) groups is 1. The summed E-state index contributed by atoms with van der Waals surface area (Å²) in [5, 5.41) is 21.5. The Morgan fingerprint density at radius 1 is 1.21 bits per heavy atom. The second kappa shape index (κ2) is 7.35. The van der Waals surface area contributed by atoms with Crippen molar-refractivity contribution < 1.29 is 14.6 Å². The molecular formula is C17H16N3O3S-. The van der Waals surface area contributed by atoms with Crippen molar-refractivity contribution in [2.75, 3.05) is 5.75 Å². The molecule has 6 nitrogen and oxygen atoms in total. The van der Waals surface area contributed by atoms with E-state index in [2.05, 4.69) is 10.2 Å². The summed E-state index contributed by atoms with van der Waals surface area (Å²) in [6.45, 7) is 0.290. The Morgan fingerprint density at radius 2 is 2.00 bits per heavy atom. The van der Waals surface area contributed by atoms with Crippen LogP contribution in [-0.4, -0.2) is 26.5 Å². The predicted octanol–water partition coefficient (Wildman–Crippen LogP) is 1.78. The van der Waals surface area contributed by atoms with Gasteiger partial charge in [0.1, 0.15) is 12.4 Å². The number of hydrogen-bond donors (Lipinski definition) is 0. The fraction of sp³-hybridized carbons (Fsp3) is 0.235. The van der Waals surface area contributed by atoms with Crippen LogP contribution in [0.1, 0.15) is 12.2 Å². The summed E-state index contributed by atoms with van der Waals surface area (Å²) in [4.78, 5) is 10.5. The van der Waals surface area contributed by atoms with Crippen LogP contribution < -0.4 is 9.84 Å². The van der Waals surface area contributed by atoms with E-state index >= 15 is 0 Å². The van der Waals surface area contributed by atoms with Crippen LogP contribution in [0.5, 0.6) is 5.75 Å². The Hall–Kier alpha value is -2.54. The quantitative estimate of drug-likeness (QED) is 0.609. The second-order valence-corrected chi connectivity index (χ2v) is 6.26. The molecule has 0 saturated heterocycles. The number of aromatic nitrogens is 3. The Labute approximate surface area is 143 Å². The summed E-state index contributed by atoms with van der Waals surface area (Å²) in [6, 6.07) is 13.9. The van der Waals surface area contributed by atoms with Crippen LogP contribution in [0.2, 0.25) is 0 Å². The third kappa shape index (κ3) is 3.68. The molecule has 0 unspecified atom stereocenters. The van der Waals surface area contributed by atoms with E-state index in [0.29, 0.717) is 23.3 Å². The van der Waals surface area contributed by atoms with E-state index < -0.39 is 5.97 Å². The van der Waals surface area contributed by atoms with Crippen molar-refractivity contribution in [3.05, 3.63) is 48.3 Å². The van der Waals surface area contributed by atoms with Crippen LogP contribution in [0.15, 0.2) is 47.6 Å². The van der Waals surface area contributed by atoms with Crippen LogP contribution >= 0.6 is 11.8 Å². The van der Waals surface area contributed by atoms with Crippen molar-refractivity contribution >= 4 is 28.5 Å². The minimum atomic E-state index is -1.07. The number of carbonyl (C=O) groups excluding carboxylic acids is 1. The van der Waals surface area contributed by atoms with Gasteiger partial charge in [0.2, 0.25) is 0 Å². The van der Waals surface area contributed by atoms with Crippen molar-refractivity contribution in [2.45, 2.75) is 18.2 Å². The first-order valence-corrected chi connectivity index (χ1v) is 8.45. The molecule has 0 amide bonds. The number of rotatable bonds is 7. The van der Waals surface area contributed by atoms with Gasteiger partial charge in [0.25, 0.3) is 0 Å². The first-order valence-electron chi connectivity index (χ1n) is 7.46. The summed E-state index contributed by atoms with van der Waals surface area (Å²) >= 11 is 1.33. The lowest BCUT2D eigenvalue weighted by molar-refractivity contribution is -0.305. The molecule has 0 fully saturated rings. The summed E-state index contributed by atoms with van der Waals surface area (Å²) in [7, 11) is 1.84. The minimum absolute atomic E-state index is 0.0145. The van der Waals surface area contributed by atoms with Gasteiger partial charge in [-0.1, -0.05) is 48.2 Å². The zero-order chi connectivity index (χ0) is 16.9. The molecule has 0 spiro atoms. The lowest BCUT2D eigenvalue weighted by atomic mass is 10.1. The van der Waals surface area contributed by atoms with Crippen molar-refractivity contribution in [1.29, 1.82) is 0 Å². The highest BCUT2D eigenvalue weighted by Crippen LogP contribution is 2.26. The van der Waals surface area contributed by atoms with Crippen molar-refractivity contribution in [3.63, 3.8) is 0 Å². The Balaban J connectivity index is 1.68. The van der Waals surface area contributed by atoms with Gasteiger partial charge in [0, 0.05) is 24.2 Å². The number of carboxylic acids is 1. The van der Waals surface area contributed by atoms with Gasteiger partial charge in [-0.25, -0.2) is 0 Å². The van der Waals surface area contributed by atoms with Gasteiger partial charge in [-0.15, -0.1) is 10.2 Å². The van der Waals surface area contributed by atoms with E-state index in [1.165, 1.54) is 11.8 Å². The van der Waals surface area contributed by atoms with Gasteiger partial charge >= 0.3 is 0 Å². The van der Waals surface area contributed by atoms with Gasteiger partial charge in [0.05, 0.1) is 0 Å². The Kier molecular flexibility index (Phi) is 5.00. The van der Waals surface area contributed by atoms with Gasteiger partial charge in [-0.3, -0.25) is 0 Å². The summed E-state index contributed by atoms with van der Waals surface area (Å²) in [6.07, 6.45) is -0.0145. The molecule has 0 saturated carbocycles. The number of benzene rings is 2. The zero-order valence-electron chi connectivity index (χ0n) is 13.1. The fourth-order valence-electron chi connectivity index (χ4n) is 2.29. The molecule has 0 N–H and O–H groups in total. The van der Waals surface area contributed by atoms with Crippen LogP contribution in [0.4, 0.5) is 0 Å². The number of carboxylic acid groups (broad SMARTS) is 1. The summed E-state index contributed by atoms with van der Waals surface area (Å²) < 4.78 is 7.72. The molecule has 3 aromatic rings. The van der Waals surface area contributed by atoms with E-state index in [4.69, 9.17) is 4.74 Å². The zero-order valence-corrected chi connectivity index (χ0v) is 14.0. The minimum Gasteiger partial charge on any atom is -0.550 e. The highest BCUT2D eigenvalue weighted by molar-refractivity contribution is 7.99. The number of aliphatic carboxylic acids is 1. The monoisotopic (exact) mass is 342 g/mol. The molecule has 3 rings (SSSR count). The van der Waals surface area contributed by atoms with Gasteiger partial charge in [0.15, 0.2) is 11.0 Å². The standard InChI is InChI=1S/C17H17N3O3S/c1-20-15(18-19-17(20)24-10-9-16(21)22)11-23-14-8-4-6-12-5-2-3-7-13(12)14/h2-8H,9-11H2,1H3,(H,21,22)/p-1. The molecule has 0 aliphatic rings. The number of hydrogen-bond acceptors (Lipinski definition) is 6. The van der Waals surface area contributed by atoms with Crippen molar-refractivity contribution in [2.24, 2.45) is 7.05 Å². The largest absolute Gasteiger partial charge is 0.550 e. The van der Waals surface area contributed by atoms with E-state index in [9.17, 15) is 9.90 Å². The topological polar surface area (TPSA) is 80.1 Å². The number of ether oxygens (including phenoxy) is 1. The average Bonchev–Trinajstić information content (AvgIpc) is 2.93. The van der Waals surface area contributed by atoms with Gasteiger partial charge in [-0.2, -0.15) is 0 Å². The number of nitrogens with zero attached hydrogens (tertiary/aromatic N) is 3. The Morgan fingerprint density at radius 3 is 2.83 bits per heavy atom. The highest BCUT2D eigenvalue weighted by atomic mass is 32.2.